The average molecular weight is 469 g/mol. The van der Waals surface area contributed by atoms with Gasteiger partial charge in [0.15, 0.2) is 5.78 Å². The fraction of sp³-hybridized carbons (Fsp3) is 0.152. The zero-order valence-electron chi connectivity index (χ0n) is 19.9. The Kier molecular flexibility index (Phi) is 4.05. The molecule has 1 saturated carbocycles. The first-order valence-corrected chi connectivity index (χ1v) is 12.3. The largest absolute Gasteiger partial charge is 0.481 e. The number of benzene rings is 5. The van der Waals surface area contributed by atoms with Gasteiger partial charge in [0.25, 0.3) is 0 Å². The van der Waals surface area contributed by atoms with Crippen LogP contribution in [0.4, 0.5) is 0 Å². The zero-order valence-corrected chi connectivity index (χ0v) is 19.9. The zero-order chi connectivity index (χ0) is 24.7. The molecule has 36 heavy (non-hydrogen) atoms. The normalized spacial score (nSPS) is 26.4. The third kappa shape index (κ3) is 2.16. The molecule has 2 bridgehead atoms. The third-order valence-corrected chi connectivity index (χ3v) is 8.85. The number of Topliss-reactive ketones (excluding diaryl/α,β-unsaturated/α-hetero) is 1. The summed E-state index contributed by atoms with van der Waals surface area (Å²) in [6.45, 7) is 1.78. The number of hydrogen-bond acceptors (Lipinski definition) is 2. The van der Waals surface area contributed by atoms with Crippen LogP contribution in [0, 0.1) is 5.41 Å². The van der Waals surface area contributed by atoms with Gasteiger partial charge in [0.05, 0.1) is 16.2 Å². The maximum atomic E-state index is 15.2. The molecule has 0 unspecified atom stereocenters. The third-order valence-electron chi connectivity index (χ3n) is 8.85. The molecule has 0 heterocycles. The van der Waals surface area contributed by atoms with Crippen molar-refractivity contribution in [3.8, 4) is 0 Å². The second kappa shape index (κ2) is 6.92. The topological polar surface area (TPSA) is 54.4 Å². The minimum atomic E-state index is -1.33. The molecule has 7 rings (SSSR count). The summed E-state index contributed by atoms with van der Waals surface area (Å²) in [6, 6.07) is 35.8. The molecule has 2 aliphatic carbocycles. The lowest BCUT2D eigenvalue weighted by Crippen LogP contribution is -2.49. The second-order valence-electron chi connectivity index (χ2n) is 10.4. The summed E-state index contributed by atoms with van der Waals surface area (Å²) in [4.78, 5) is 28.5. The van der Waals surface area contributed by atoms with Gasteiger partial charge in [0, 0.05) is 0 Å². The van der Waals surface area contributed by atoms with Crippen molar-refractivity contribution < 1.29 is 14.7 Å². The summed E-state index contributed by atoms with van der Waals surface area (Å²) in [5.41, 5.74) is -0.294. The standard InChI is InChI=1S/C33H24O3/c1-31(30(35)36)20-32(21-12-4-2-5-13-21)27-25-18-10-8-16-23(25)24-17-9-11-19-26(24)28(27)33(31,29(32)34)22-14-6-3-7-15-22/h2-19H,20H2,1H3,(H,35,36)/t31-,32-,33-/m1/s1. The second-order valence-corrected chi connectivity index (χ2v) is 10.4. The summed E-state index contributed by atoms with van der Waals surface area (Å²) >= 11 is 0. The lowest BCUT2D eigenvalue weighted by molar-refractivity contribution is -0.152. The van der Waals surface area contributed by atoms with Crippen molar-refractivity contribution in [1.82, 2.24) is 0 Å². The van der Waals surface area contributed by atoms with Crippen LogP contribution >= 0.6 is 0 Å². The Labute approximate surface area is 209 Å². The van der Waals surface area contributed by atoms with Gasteiger partial charge in [-0.1, -0.05) is 109 Å². The molecule has 2 aliphatic rings. The number of hydrogen-bond donors (Lipinski definition) is 1. The molecule has 174 valence electrons. The highest BCUT2D eigenvalue weighted by atomic mass is 16.4. The Balaban J connectivity index is 1.81. The van der Waals surface area contributed by atoms with Gasteiger partial charge in [-0.05, 0) is 57.1 Å². The number of fused-ring (bicyclic) bond motifs is 10. The molecule has 0 amide bonds. The summed E-state index contributed by atoms with van der Waals surface area (Å²) in [7, 11) is 0. The van der Waals surface area contributed by atoms with Crippen molar-refractivity contribution in [2.45, 2.75) is 24.2 Å². The predicted molar refractivity (Wildman–Crippen MR) is 141 cm³/mol. The van der Waals surface area contributed by atoms with Crippen LogP contribution in [-0.4, -0.2) is 16.9 Å². The molecule has 0 saturated heterocycles. The van der Waals surface area contributed by atoms with E-state index in [0.717, 1.165) is 43.8 Å². The summed E-state index contributed by atoms with van der Waals surface area (Å²) < 4.78 is 0. The van der Waals surface area contributed by atoms with E-state index in [9.17, 15) is 9.90 Å². The van der Waals surface area contributed by atoms with Crippen LogP contribution < -0.4 is 0 Å². The van der Waals surface area contributed by atoms with Crippen molar-refractivity contribution in [1.29, 1.82) is 0 Å². The number of carbonyl (C=O) groups is 2. The van der Waals surface area contributed by atoms with E-state index in [-0.39, 0.29) is 12.2 Å². The van der Waals surface area contributed by atoms with Crippen molar-refractivity contribution >= 4 is 33.3 Å². The molecule has 0 radical (unpaired) electrons. The van der Waals surface area contributed by atoms with E-state index >= 15 is 4.79 Å². The van der Waals surface area contributed by atoms with Crippen molar-refractivity contribution in [3.05, 3.63) is 131 Å². The van der Waals surface area contributed by atoms with Gasteiger partial charge in [-0.15, -0.1) is 0 Å². The first-order valence-electron chi connectivity index (χ1n) is 12.3. The Morgan fingerprint density at radius 3 is 1.61 bits per heavy atom. The first kappa shape index (κ1) is 21.1. The van der Waals surface area contributed by atoms with E-state index in [4.69, 9.17) is 0 Å². The molecule has 3 atom stereocenters. The molecule has 3 nitrogen and oxygen atoms in total. The van der Waals surface area contributed by atoms with Crippen molar-refractivity contribution in [2.75, 3.05) is 0 Å². The smallest absolute Gasteiger partial charge is 0.311 e. The summed E-state index contributed by atoms with van der Waals surface area (Å²) in [5.74, 6) is -0.978. The highest BCUT2D eigenvalue weighted by Crippen LogP contribution is 2.72. The van der Waals surface area contributed by atoms with Crippen LogP contribution in [0.2, 0.25) is 0 Å². The number of carboxylic acids is 1. The van der Waals surface area contributed by atoms with Crippen molar-refractivity contribution in [3.63, 3.8) is 0 Å². The highest BCUT2D eigenvalue weighted by molar-refractivity contribution is 6.24. The maximum absolute atomic E-state index is 15.2. The number of carboxylic acid groups (broad SMARTS) is 1. The van der Waals surface area contributed by atoms with E-state index in [2.05, 4.69) is 24.3 Å². The van der Waals surface area contributed by atoms with Crippen LogP contribution in [-0.2, 0) is 20.4 Å². The van der Waals surface area contributed by atoms with E-state index in [1.54, 1.807) is 6.92 Å². The van der Waals surface area contributed by atoms with Gasteiger partial charge in [0.2, 0.25) is 0 Å². The van der Waals surface area contributed by atoms with Gasteiger partial charge < -0.3 is 5.11 Å². The van der Waals surface area contributed by atoms with E-state index in [1.165, 1.54) is 0 Å². The van der Waals surface area contributed by atoms with Gasteiger partial charge in [-0.25, -0.2) is 0 Å². The number of carbonyl (C=O) groups excluding carboxylic acids is 1. The number of rotatable bonds is 3. The Hall–Kier alpha value is -4.24. The molecular weight excluding hydrogens is 444 g/mol. The molecule has 0 aliphatic heterocycles. The molecule has 0 spiro atoms. The maximum Gasteiger partial charge on any atom is 0.311 e. The average Bonchev–Trinajstić information content (AvgIpc) is 3.29. The van der Waals surface area contributed by atoms with Gasteiger partial charge in [-0.3, -0.25) is 9.59 Å². The van der Waals surface area contributed by atoms with Crippen LogP contribution in [0.15, 0.2) is 109 Å². The van der Waals surface area contributed by atoms with Crippen LogP contribution in [0.5, 0.6) is 0 Å². The molecule has 3 heteroatoms. The highest BCUT2D eigenvalue weighted by Gasteiger charge is 2.78. The summed E-state index contributed by atoms with van der Waals surface area (Å²) in [6.07, 6.45) is 0.211. The van der Waals surface area contributed by atoms with Crippen LogP contribution in [0.25, 0.3) is 21.5 Å². The number of ketones is 1. The predicted octanol–water partition coefficient (Wildman–Crippen LogP) is 6.64. The van der Waals surface area contributed by atoms with Gasteiger partial charge >= 0.3 is 5.97 Å². The van der Waals surface area contributed by atoms with E-state index in [1.807, 2.05) is 84.9 Å². The lowest BCUT2D eigenvalue weighted by atomic mass is 9.56. The summed E-state index contributed by atoms with van der Waals surface area (Å²) in [5, 5.41) is 15.0. The minimum absolute atomic E-state index is 0.0335. The molecule has 1 N–H and O–H groups in total. The Morgan fingerprint density at radius 1 is 0.639 bits per heavy atom. The molecular formula is C33H24O3. The first-order chi connectivity index (χ1) is 17.5. The van der Waals surface area contributed by atoms with E-state index < -0.39 is 22.2 Å². The Bertz CT molecular complexity index is 1720. The number of aliphatic carboxylic acids is 1. The minimum Gasteiger partial charge on any atom is -0.481 e. The fourth-order valence-electron chi connectivity index (χ4n) is 7.50. The van der Waals surface area contributed by atoms with Gasteiger partial charge in [-0.2, -0.15) is 0 Å². The molecule has 0 aromatic heterocycles. The lowest BCUT2D eigenvalue weighted by Gasteiger charge is -2.43. The monoisotopic (exact) mass is 468 g/mol. The SMILES string of the molecule is C[C@]1(C(=O)O)C[C@]2(c3ccccc3)C(=O)[C@@]1(c1ccccc1)c1c2c2ccccc2c2ccccc12. The van der Waals surface area contributed by atoms with Crippen LogP contribution in [0.1, 0.15) is 35.6 Å². The molecule has 1 fully saturated rings. The fourth-order valence-corrected chi connectivity index (χ4v) is 7.50. The quantitative estimate of drug-likeness (QED) is 0.302. The molecule has 5 aromatic carbocycles. The molecule has 5 aromatic rings. The van der Waals surface area contributed by atoms with Crippen molar-refractivity contribution in [2.24, 2.45) is 5.41 Å². The van der Waals surface area contributed by atoms with Crippen LogP contribution in [0.3, 0.4) is 0 Å². The Morgan fingerprint density at radius 2 is 1.08 bits per heavy atom. The van der Waals surface area contributed by atoms with Gasteiger partial charge in [0.1, 0.15) is 0 Å². The van der Waals surface area contributed by atoms with E-state index in [0.29, 0.717) is 0 Å².